The van der Waals surface area contributed by atoms with E-state index in [4.69, 9.17) is 18.9 Å². The predicted octanol–water partition coefficient (Wildman–Crippen LogP) is -1.35. The zero-order chi connectivity index (χ0) is 30.0. The average molecular weight is 583 g/mol. The van der Waals surface area contributed by atoms with Gasteiger partial charge in [-0.25, -0.2) is 0 Å². The van der Waals surface area contributed by atoms with E-state index in [2.05, 4.69) is 0 Å². The van der Waals surface area contributed by atoms with Crippen molar-refractivity contribution in [2.75, 3.05) is 6.61 Å². The molecular weight excluding hydrogens is 548 g/mol. The maximum Gasteiger partial charge on any atom is 0.229 e. The summed E-state index contributed by atoms with van der Waals surface area (Å²) in [5.74, 6) is -2.00. The third kappa shape index (κ3) is 6.72. The van der Waals surface area contributed by atoms with Crippen molar-refractivity contribution < 1.29 is 69.7 Å². The Kier molecular flexibility index (Phi) is 9.69. The number of ketones is 1. The molecule has 2 aromatic carbocycles. The number of ether oxygens (including phenoxy) is 4. The molecule has 9 N–H and O–H groups in total. The van der Waals surface area contributed by atoms with E-state index in [-0.39, 0.29) is 29.9 Å². The summed E-state index contributed by atoms with van der Waals surface area (Å²) in [5.41, 5.74) is 0.385. The lowest BCUT2D eigenvalue weighted by Crippen LogP contribution is -2.64. The topological polar surface area (TPSA) is 236 Å². The molecular formula is C27H34O14. The van der Waals surface area contributed by atoms with Gasteiger partial charge in [0.1, 0.15) is 65.2 Å². The molecule has 2 saturated heterocycles. The fourth-order valence-corrected chi connectivity index (χ4v) is 4.70. The zero-order valence-corrected chi connectivity index (χ0v) is 21.9. The fraction of sp³-hybridized carbons (Fsp3) is 0.519. The van der Waals surface area contributed by atoms with Crippen LogP contribution in [-0.2, 0) is 20.6 Å². The van der Waals surface area contributed by atoms with Crippen molar-refractivity contribution in [1.29, 1.82) is 0 Å². The van der Waals surface area contributed by atoms with Gasteiger partial charge in [0.15, 0.2) is 18.2 Å². The number of aliphatic hydroxyl groups is 6. The van der Waals surface area contributed by atoms with E-state index in [1.54, 1.807) is 12.1 Å². The van der Waals surface area contributed by atoms with Crippen LogP contribution in [0, 0.1) is 0 Å². The summed E-state index contributed by atoms with van der Waals surface area (Å²) >= 11 is 0. The van der Waals surface area contributed by atoms with E-state index in [1.165, 1.54) is 19.1 Å². The van der Waals surface area contributed by atoms with E-state index in [1.807, 2.05) is 0 Å². The Morgan fingerprint density at radius 2 is 1.46 bits per heavy atom. The predicted molar refractivity (Wildman–Crippen MR) is 136 cm³/mol. The van der Waals surface area contributed by atoms with Gasteiger partial charge >= 0.3 is 0 Å². The van der Waals surface area contributed by atoms with Crippen LogP contribution in [0.4, 0.5) is 0 Å². The highest BCUT2D eigenvalue weighted by atomic mass is 16.8. The number of aliphatic hydroxyl groups excluding tert-OH is 6. The number of aryl methyl sites for hydroxylation is 1. The molecule has 2 aromatic rings. The quantitative estimate of drug-likeness (QED) is 0.156. The number of hydrogen-bond donors (Lipinski definition) is 9. The number of benzene rings is 2. The van der Waals surface area contributed by atoms with Gasteiger partial charge in [0.2, 0.25) is 6.29 Å². The minimum absolute atomic E-state index is 0.0706. The Balaban J connectivity index is 1.52. The van der Waals surface area contributed by atoms with Gasteiger partial charge < -0.3 is 64.9 Å². The lowest BCUT2D eigenvalue weighted by molar-refractivity contribution is -0.354. The van der Waals surface area contributed by atoms with Crippen LogP contribution in [0.15, 0.2) is 36.4 Å². The summed E-state index contributed by atoms with van der Waals surface area (Å²) in [6, 6.07) is 8.22. The smallest absolute Gasteiger partial charge is 0.229 e. The van der Waals surface area contributed by atoms with Crippen LogP contribution in [-0.4, -0.2) is 120 Å². The van der Waals surface area contributed by atoms with E-state index < -0.39 is 85.3 Å². The number of carbonyl (C=O) groups is 1. The molecule has 14 heteroatoms. The van der Waals surface area contributed by atoms with Crippen molar-refractivity contribution in [3.8, 4) is 23.0 Å². The summed E-state index contributed by atoms with van der Waals surface area (Å²) in [6.45, 7) is 0.675. The van der Waals surface area contributed by atoms with Gasteiger partial charge in [-0.2, -0.15) is 0 Å². The van der Waals surface area contributed by atoms with Gasteiger partial charge in [-0.15, -0.1) is 0 Å². The molecule has 2 aliphatic rings. The number of aromatic hydroxyl groups is 3. The summed E-state index contributed by atoms with van der Waals surface area (Å²) in [5, 5.41) is 91.5. The van der Waals surface area contributed by atoms with Gasteiger partial charge in [-0.3, -0.25) is 4.79 Å². The van der Waals surface area contributed by atoms with E-state index >= 15 is 0 Å². The molecule has 41 heavy (non-hydrogen) atoms. The highest BCUT2D eigenvalue weighted by molar-refractivity contribution is 6.01. The van der Waals surface area contributed by atoms with Crippen molar-refractivity contribution in [2.45, 2.75) is 81.2 Å². The SMILES string of the molecule is CC1O[C@@H](OC2C(Oc3cc(O)c(C(=O)CCc4ccc(O)cc4)c(O)c3)OC(CO)C(O)C2O)C(O)C(O)C1O. The van der Waals surface area contributed by atoms with Crippen molar-refractivity contribution >= 4 is 5.78 Å². The van der Waals surface area contributed by atoms with Gasteiger partial charge in [0.25, 0.3) is 0 Å². The molecule has 0 spiro atoms. The first-order valence-corrected chi connectivity index (χ1v) is 12.9. The second kappa shape index (κ2) is 12.9. The first-order chi connectivity index (χ1) is 19.4. The van der Waals surface area contributed by atoms with Crippen molar-refractivity contribution in [3.63, 3.8) is 0 Å². The van der Waals surface area contributed by atoms with Crippen molar-refractivity contribution in [2.24, 2.45) is 0 Å². The van der Waals surface area contributed by atoms with Crippen LogP contribution in [0.1, 0.15) is 29.3 Å². The molecule has 0 aliphatic carbocycles. The molecule has 4 rings (SSSR count). The van der Waals surface area contributed by atoms with Gasteiger partial charge in [0.05, 0.1) is 12.7 Å². The minimum Gasteiger partial charge on any atom is -0.508 e. The standard InChI is InChI=1S/C27H34O14/c1-11-20(33)22(35)24(37)26(38-11)41-25-23(36)21(34)18(10-28)40-27(25)39-14-8-16(31)19(17(32)9-14)15(30)7-4-12-2-5-13(29)6-3-12/h2-3,5-6,8-9,11,18,20-29,31-37H,4,7,10H2,1H3/t11?,18?,20?,21?,22?,23?,24?,25?,26-,27?/m0/s1. The Morgan fingerprint density at radius 3 is 2.07 bits per heavy atom. The van der Waals surface area contributed by atoms with Gasteiger partial charge in [-0.05, 0) is 31.0 Å². The molecule has 226 valence electrons. The molecule has 0 aromatic heterocycles. The first kappa shape index (κ1) is 30.9. The van der Waals surface area contributed by atoms with Crippen LogP contribution < -0.4 is 4.74 Å². The molecule has 2 heterocycles. The first-order valence-electron chi connectivity index (χ1n) is 12.9. The highest BCUT2D eigenvalue weighted by Crippen LogP contribution is 2.36. The second-order valence-electron chi connectivity index (χ2n) is 10.0. The van der Waals surface area contributed by atoms with Crippen molar-refractivity contribution in [1.82, 2.24) is 0 Å². The average Bonchev–Trinajstić information content (AvgIpc) is 2.93. The molecule has 0 saturated carbocycles. The lowest BCUT2D eigenvalue weighted by atomic mass is 9.97. The molecule has 2 fully saturated rings. The van der Waals surface area contributed by atoms with Gasteiger partial charge in [-0.1, -0.05) is 12.1 Å². The van der Waals surface area contributed by atoms with Crippen LogP contribution in [0.2, 0.25) is 0 Å². The monoisotopic (exact) mass is 582 g/mol. The molecule has 14 nitrogen and oxygen atoms in total. The normalized spacial score (nSPS) is 33.8. The molecule has 2 aliphatic heterocycles. The molecule has 10 atom stereocenters. The highest BCUT2D eigenvalue weighted by Gasteiger charge is 2.51. The van der Waals surface area contributed by atoms with E-state index in [0.717, 1.165) is 17.7 Å². The molecule has 0 radical (unpaired) electrons. The van der Waals surface area contributed by atoms with Crippen LogP contribution >= 0.6 is 0 Å². The zero-order valence-electron chi connectivity index (χ0n) is 21.9. The largest absolute Gasteiger partial charge is 0.508 e. The van der Waals surface area contributed by atoms with Crippen LogP contribution in [0.3, 0.4) is 0 Å². The molecule has 9 unspecified atom stereocenters. The molecule has 0 amide bonds. The maximum atomic E-state index is 12.7. The number of phenols is 3. The number of rotatable bonds is 9. The Hall–Kier alpha value is -3.05. The van der Waals surface area contributed by atoms with Gasteiger partial charge in [0, 0.05) is 18.6 Å². The molecule has 0 bridgehead atoms. The number of phenolic OH excluding ortho intramolecular Hbond substituents is 3. The van der Waals surface area contributed by atoms with Crippen molar-refractivity contribution in [3.05, 3.63) is 47.5 Å². The summed E-state index contributed by atoms with van der Waals surface area (Å²) in [7, 11) is 0. The Morgan fingerprint density at radius 1 is 0.829 bits per heavy atom. The third-order valence-corrected chi connectivity index (χ3v) is 7.10. The van der Waals surface area contributed by atoms with E-state index in [9.17, 15) is 50.8 Å². The Labute approximate surface area is 234 Å². The minimum atomic E-state index is -1.77. The number of hydrogen-bond acceptors (Lipinski definition) is 14. The Bertz CT molecular complexity index is 1170. The lowest BCUT2D eigenvalue weighted by Gasteiger charge is -2.45. The second-order valence-corrected chi connectivity index (χ2v) is 10.0. The third-order valence-electron chi connectivity index (χ3n) is 7.10. The fourth-order valence-electron chi connectivity index (χ4n) is 4.70. The maximum absolute atomic E-state index is 12.7. The summed E-state index contributed by atoms with van der Waals surface area (Å²) in [6.07, 6.45) is -15.3. The summed E-state index contributed by atoms with van der Waals surface area (Å²) in [4.78, 5) is 12.7. The summed E-state index contributed by atoms with van der Waals surface area (Å²) < 4.78 is 22.2. The van der Waals surface area contributed by atoms with Crippen LogP contribution in [0.25, 0.3) is 0 Å². The van der Waals surface area contributed by atoms with Crippen LogP contribution in [0.5, 0.6) is 23.0 Å². The number of Topliss-reactive ketones (excluding diaryl/α,β-unsaturated/α-hetero) is 1. The van der Waals surface area contributed by atoms with E-state index in [0.29, 0.717) is 0 Å². The number of carbonyl (C=O) groups excluding carboxylic acids is 1.